The molecule has 0 fully saturated rings. The van der Waals surface area contributed by atoms with Gasteiger partial charge in [-0.2, -0.15) is 5.10 Å². The number of nitrogens with one attached hydrogen (secondary N) is 1. The predicted octanol–water partition coefficient (Wildman–Crippen LogP) is -0.848. The van der Waals surface area contributed by atoms with Gasteiger partial charge in [-0.15, -0.1) is 0 Å². The molecule has 50 valence electrons. The van der Waals surface area contributed by atoms with Crippen LogP contribution in [0.15, 0.2) is 16.9 Å². The van der Waals surface area contributed by atoms with Crippen LogP contribution in [-0.4, -0.2) is 14.6 Å². The van der Waals surface area contributed by atoms with E-state index in [1.54, 1.807) is 12.1 Å². The number of aromatic nitrogens is 3. The van der Waals surface area contributed by atoms with Crippen LogP contribution in [0.5, 0.6) is 0 Å². The summed E-state index contributed by atoms with van der Waals surface area (Å²) in [4.78, 5) is 10.9. The molecule has 10 heavy (non-hydrogen) atoms. The van der Waals surface area contributed by atoms with Gasteiger partial charge in [0.2, 0.25) is 0 Å². The van der Waals surface area contributed by atoms with Crippen LogP contribution in [0.4, 0.5) is 0 Å². The molecule has 0 aliphatic rings. The molecule has 4 heteroatoms. The summed E-state index contributed by atoms with van der Waals surface area (Å²) in [6.45, 7) is 3.64. The van der Waals surface area contributed by atoms with E-state index in [0.717, 1.165) is 0 Å². The Hall–Kier alpha value is -1.58. The fraction of sp³-hybridized carbons (Fsp3) is 0. The van der Waals surface area contributed by atoms with Crippen LogP contribution in [0.2, 0.25) is 0 Å². The van der Waals surface area contributed by atoms with E-state index in [0.29, 0.717) is 11.0 Å². The third-order valence-corrected chi connectivity index (χ3v) is 1.41. The smallest absolute Gasteiger partial charge is 0.246 e. The average Bonchev–Trinajstić information content (AvgIpc) is 2.40. The molecule has 0 aromatic carbocycles. The summed E-state index contributed by atoms with van der Waals surface area (Å²) < 4.78 is 1.42. The minimum atomic E-state index is -0.231. The molecule has 4 nitrogen and oxygen atoms in total. The van der Waals surface area contributed by atoms with Gasteiger partial charge in [0, 0.05) is 5.35 Å². The zero-order chi connectivity index (χ0) is 7.14. The summed E-state index contributed by atoms with van der Waals surface area (Å²) >= 11 is 0. The van der Waals surface area contributed by atoms with Crippen molar-refractivity contribution in [2.45, 2.75) is 0 Å². The fourth-order valence-corrected chi connectivity index (χ4v) is 0.944. The van der Waals surface area contributed by atoms with Crippen LogP contribution in [0.25, 0.3) is 12.2 Å². The van der Waals surface area contributed by atoms with Crippen molar-refractivity contribution in [3.8, 4) is 0 Å². The van der Waals surface area contributed by atoms with Crippen molar-refractivity contribution >= 4 is 12.2 Å². The molecule has 0 atom stereocenters. The van der Waals surface area contributed by atoms with Gasteiger partial charge in [0.15, 0.2) is 5.65 Å². The van der Waals surface area contributed by atoms with Gasteiger partial charge in [0.05, 0.1) is 0 Å². The SMILES string of the molecule is C=c1ccc2n[nH]c(=O)n12. The Bertz CT molecular complexity index is 413. The van der Waals surface area contributed by atoms with Crippen LogP contribution in [0.1, 0.15) is 0 Å². The van der Waals surface area contributed by atoms with E-state index in [4.69, 9.17) is 0 Å². The van der Waals surface area contributed by atoms with Gasteiger partial charge >= 0.3 is 5.69 Å². The first-order chi connectivity index (χ1) is 4.79. The van der Waals surface area contributed by atoms with Crippen LogP contribution >= 0.6 is 0 Å². The second-order valence-electron chi connectivity index (χ2n) is 2.05. The highest BCUT2D eigenvalue weighted by Crippen LogP contribution is 1.86. The zero-order valence-electron chi connectivity index (χ0n) is 5.16. The highest BCUT2D eigenvalue weighted by atomic mass is 16.1. The van der Waals surface area contributed by atoms with E-state index in [-0.39, 0.29) is 5.69 Å². The predicted molar refractivity (Wildman–Crippen MR) is 36.6 cm³/mol. The molecular formula is C6H5N3O. The summed E-state index contributed by atoms with van der Waals surface area (Å²) in [7, 11) is 0. The Morgan fingerprint density at radius 3 is 3.10 bits per heavy atom. The number of hydrogen-bond acceptors (Lipinski definition) is 2. The van der Waals surface area contributed by atoms with Crippen LogP contribution in [-0.2, 0) is 0 Å². The fourth-order valence-electron chi connectivity index (χ4n) is 0.944. The summed E-state index contributed by atoms with van der Waals surface area (Å²) in [5.41, 5.74) is 0.389. The maximum absolute atomic E-state index is 10.9. The summed E-state index contributed by atoms with van der Waals surface area (Å²) in [6.07, 6.45) is 0. The lowest BCUT2D eigenvalue weighted by atomic mass is 10.6. The standard InChI is InChI=1S/C6H5N3O/c1-4-2-3-5-7-8-6(10)9(4)5/h2-3H,1H2,(H,8,10). The molecule has 2 aromatic heterocycles. The molecule has 0 radical (unpaired) electrons. The van der Waals surface area contributed by atoms with Gasteiger partial charge in [-0.1, -0.05) is 6.58 Å². The Morgan fingerprint density at radius 1 is 1.60 bits per heavy atom. The molecule has 0 unspecified atom stereocenters. The van der Waals surface area contributed by atoms with Crippen molar-refractivity contribution in [3.05, 3.63) is 28.0 Å². The van der Waals surface area contributed by atoms with E-state index in [1.165, 1.54) is 4.40 Å². The molecule has 0 saturated heterocycles. The Balaban J connectivity index is 3.28. The Kier molecular flexibility index (Phi) is 0.768. The lowest BCUT2D eigenvalue weighted by Crippen LogP contribution is -2.19. The minimum absolute atomic E-state index is 0.231. The first-order valence-electron chi connectivity index (χ1n) is 2.84. The molecule has 0 aliphatic carbocycles. The van der Waals surface area contributed by atoms with E-state index in [9.17, 15) is 4.79 Å². The molecule has 0 spiro atoms. The van der Waals surface area contributed by atoms with Gasteiger partial charge in [-0.05, 0) is 12.1 Å². The topological polar surface area (TPSA) is 50.2 Å². The molecule has 0 bridgehead atoms. The second-order valence-corrected chi connectivity index (χ2v) is 2.05. The molecular weight excluding hydrogens is 130 g/mol. The van der Waals surface area contributed by atoms with Crippen LogP contribution in [0, 0.1) is 0 Å². The number of rotatable bonds is 0. The number of H-pyrrole nitrogens is 1. The van der Waals surface area contributed by atoms with Crippen LogP contribution < -0.4 is 11.0 Å². The van der Waals surface area contributed by atoms with E-state index in [2.05, 4.69) is 16.8 Å². The number of hydrogen-bond donors (Lipinski definition) is 1. The highest BCUT2D eigenvalue weighted by molar-refractivity contribution is 5.37. The maximum atomic E-state index is 10.9. The number of fused-ring (bicyclic) bond motifs is 1. The minimum Gasteiger partial charge on any atom is -0.246 e. The lowest BCUT2D eigenvalue weighted by Gasteiger charge is -1.74. The molecule has 0 saturated carbocycles. The third kappa shape index (κ3) is 0.452. The molecule has 2 rings (SSSR count). The van der Waals surface area contributed by atoms with E-state index >= 15 is 0 Å². The summed E-state index contributed by atoms with van der Waals surface area (Å²) in [6, 6.07) is 3.48. The molecule has 0 amide bonds. The Labute approximate surface area is 55.8 Å². The van der Waals surface area contributed by atoms with Gasteiger partial charge in [-0.3, -0.25) is 0 Å². The first kappa shape index (κ1) is 5.22. The largest absolute Gasteiger partial charge is 0.348 e. The molecule has 2 aromatic rings. The number of nitrogens with zero attached hydrogens (tertiary/aromatic N) is 2. The van der Waals surface area contributed by atoms with E-state index in [1.807, 2.05) is 0 Å². The second kappa shape index (κ2) is 1.47. The first-order valence-corrected chi connectivity index (χ1v) is 2.84. The average molecular weight is 135 g/mol. The Morgan fingerprint density at radius 2 is 2.40 bits per heavy atom. The summed E-state index contributed by atoms with van der Waals surface area (Å²) in [5, 5.41) is 6.70. The van der Waals surface area contributed by atoms with Crippen molar-refractivity contribution in [1.29, 1.82) is 0 Å². The highest BCUT2D eigenvalue weighted by Gasteiger charge is 1.98. The third-order valence-electron chi connectivity index (χ3n) is 1.41. The van der Waals surface area contributed by atoms with Gasteiger partial charge in [0.25, 0.3) is 0 Å². The van der Waals surface area contributed by atoms with Crippen LogP contribution in [0.3, 0.4) is 0 Å². The maximum Gasteiger partial charge on any atom is 0.348 e. The summed E-state index contributed by atoms with van der Waals surface area (Å²) in [5.74, 6) is 0. The normalized spacial score (nSPS) is 10.8. The van der Waals surface area contributed by atoms with Crippen molar-refractivity contribution in [2.24, 2.45) is 0 Å². The van der Waals surface area contributed by atoms with Gasteiger partial charge < -0.3 is 0 Å². The van der Waals surface area contributed by atoms with E-state index < -0.39 is 0 Å². The molecule has 2 heterocycles. The van der Waals surface area contributed by atoms with Crippen molar-refractivity contribution in [2.75, 3.05) is 0 Å². The van der Waals surface area contributed by atoms with Crippen molar-refractivity contribution in [1.82, 2.24) is 14.6 Å². The monoisotopic (exact) mass is 135 g/mol. The quantitative estimate of drug-likeness (QED) is 0.511. The van der Waals surface area contributed by atoms with Gasteiger partial charge in [-0.25, -0.2) is 14.3 Å². The van der Waals surface area contributed by atoms with Gasteiger partial charge in [0.1, 0.15) is 0 Å². The zero-order valence-corrected chi connectivity index (χ0v) is 5.16. The molecule has 1 N–H and O–H groups in total. The van der Waals surface area contributed by atoms with Crippen molar-refractivity contribution in [3.63, 3.8) is 0 Å². The molecule has 0 aliphatic heterocycles. The lowest BCUT2D eigenvalue weighted by molar-refractivity contribution is 1.01. The number of aromatic amines is 1. The van der Waals surface area contributed by atoms with Crippen molar-refractivity contribution < 1.29 is 0 Å².